The molecule has 0 bridgehead atoms. The van der Waals surface area contributed by atoms with Crippen molar-refractivity contribution < 1.29 is 9.59 Å². The maximum atomic E-state index is 12.6. The van der Waals surface area contributed by atoms with Gasteiger partial charge in [0.25, 0.3) is 0 Å². The Hall–Kier alpha value is -1.06. The first-order chi connectivity index (χ1) is 8.32. The summed E-state index contributed by atoms with van der Waals surface area (Å²) in [6.07, 6.45) is 2.26. The fourth-order valence-electron chi connectivity index (χ4n) is 2.84. The second-order valence-corrected chi connectivity index (χ2v) is 6.57. The summed E-state index contributed by atoms with van der Waals surface area (Å²) in [5.41, 5.74) is 0.0481. The minimum atomic E-state index is -0.190. The van der Waals surface area contributed by atoms with Gasteiger partial charge in [-0.25, -0.2) is 0 Å². The summed E-state index contributed by atoms with van der Waals surface area (Å²) in [6, 6.07) is -0.0249. The van der Waals surface area contributed by atoms with Gasteiger partial charge >= 0.3 is 0 Å². The number of carbonyl (C=O) groups excluding carboxylic acids is 2. The Morgan fingerprint density at radius 2 is 1.89 bits per heavy atom. The van der Waals surface area contributed by atoms with Gasteiger partial charge in [-0.15, -0.1) is 0 Å². The number of rotatable bonds is 1. The van der Waals surface area contributed by atoms with Crippen LogP contribution in [-0.4, -0.2) is 46.8 Å². The van der Waals surface area contributed by atoms with E-state index in [0.29, 0.717) is 13.0 Å². The van der Waals surface area contributed by atoms with Crippen LogP contribution in [0.2, 0.25) is 0 Å². The topological polar surface area (TPSA) is 40.6 Å². The number of hydrogen-bond acceptors (Lipinski definition) is 2. The standard InChI is InChI=1S/C14H24N2O2/c1-10(14(2,3)4)15-9-7-12(17)16-8-5-6-11(16)13(15)18/h10-11H,5-9H2,1-4H3. The maximum Gasteiger partial charge on any atom is 0.245 e. The van der Waals surface area contributed by atoms with Crippen LogP contribution < -0.4 is 0 Å². The molecule has 0 aliphatic carbocycles. The minimum Gasteiger partial charge on any atom is -0.337 e. The van der Waals surface area contributed by atoms with E-state index in [2.05, 4.69) is 27.7 Å². The zero-order valence-electron chi connectivity index (χ0n) is 11.9. The summed E-state index contributed by atoms with van der Waals surface area (Å²) in [5, 5.41) is 0. The number of carbonyl (C=O) groups is 2. The molecule has 2 unspecified atom stereocenters. The zero-order chi connectivity index (χ0) is 13.5. The van der Waals surface area contributed by atoms with Crippen LogP contribution in [0.3, 0.4) is 0 Å². The van der Waals surface area contributed by atoms with Crippen molar-refractivity contribution in [1.82, 2.24) is 9.80 Å². The van der Waals surface area contributed by atoms with Crippen molar-refractivity contribution in [2.75, 3.05) is 13.1 Å². The van der Waals surface area contributed by atoms with E-state index >= 15 is 0 Å². The number of nitrogens with zero attached hydrogens (tertiary/aromatic N) is 2. The molecule has 2 heterocycles. The molecule has 0 aromatic rings. The van der Waals surface area contributed by atoms with E-state index in [0.717, 1.165) is 19.4 Å². The third kappa shape index (κ3) is 2.25. The zero-order valence-corrected chi connectivity index (χ0v) is 11.9. The lowest BCUT2D eigenvalue weighted by atomic mass is 9.86. The molecule has 2 atom stereocenters. The Morgan fingerprint density at radius 3 is 2.50 bits per heavy atom. The Labute approximate surface area is 109 Å². The Balaban J connectivity index is 2.23. The van der Waals surface area contributed by atoms with Crippen LogP contribution in [0.5, 0.6) is 0 Å². The van der Waals surface area contributed by atoms with Crippen LogP contribution in [0.25, 0.3) is 0 Å². The fourth-order valence-corrected chi connectivity index (χ4v) is 2.84. The minimum absolute atomic E-state index is 0.0481. The van der Waals surface area contributed by atoms with E-state index < -0.39 is 0 Å². The molecule has 2 rings (SSSR count). The van der Waals surface area contributed by atoms with Crippen LogP contribution >= 0.6 is 0 Å². The molecule has 2 aliphatic rings. The van der Waals surface area contributed by atoms with Gasteiger partial charge in [-0.3, -0.25) is 9.59 Å². The fraction of sp³-hybridized carbons (Fsp3) is 0.857. The highest BCUT2D eigenvalue weighted by molar-refractivity contribution is 5.90. The van der Waals surface area contributed by atoms with Gasteiger partial charge in [0.05, 0.1) is 0 Å². The van der Waals surface area contributed by atoms with Crippen molar-refractivity contribution in [3.8, 4) is 0 Å². The van der Waals surface area contributed by atoms with E-state index in [4.69, 9.17) is 0 Å². The normalized spacial score (nSPS) is 27.2. The van der Waals surface area contributed by atoms with Gasteiger partial charge in [-0.1, -0.05) is 20.8 Å². The molecular formula is C14H24N2O2. The van der Waals surface area contributed by atoms with Crippen LogP contribution in [0.15, 0.2) is 0 Å². The molecule has 0 radical (unpaired) electrons. The molecule has 0 aromatic carbocycles. The predicted molar refractivity (Wildman–Crippen MR) is 70.0 cm³/mol. The summed E-state index contributed by atoms with van der Waals surface area (Å²) in [5.74, 6) is 0.301. The molecule has 4 heteroatoms. The molecule has 0 aromatic heterocycles. The van der Waals surface area contributed by atoms with E-state index in [-0.39, 0.29) is 29.3 Å². The van der Waals surface area contributed by atoms with E-state index in [9.17, 15) is 9.59 Å². The van der Waals surface area contributed by atoms with Crippen LogP contribution in [0.4, 0.5) is 0 Å². The molecule has 2 aliphatic heterocycles. The van der Waals surface area contributed by atoms with Gasteiger partial charge in [0.15, 0.2) is 0 Å². The lowest BCUT2D eigenvalue weighted by Crippen LogP contribution is -2.50. The molecule has 2 fully saturated rings. The summed E-state index contributed by atoms with van der Waals surface area (Å²) in [7, 11) is 0. The van der Waals surface area contributed by atoms with Crippen LogP contribution in [0.1, 0.15) is 47.0 Å². The first kappa shape index (κ1) is 13.4. The highest BCUT2D eigenvalue weighted by atomic mass is 16.2. The molecule has 0 spiro atoms. The third-order valence-electron chi connectivity index (χ3n) is 4.43. The second kappa shape index (κ2) is 4.56. The summed E-state index contributed by atoms with van der Waals surface area (Å²) in [6.45, 7) is 9.85. The lowest BCUT2D eigenvalue weighted by molar-refractivity contribution is -0.141. The van der Waals surface area contributed by atoms with Crippen LogP contribution in [0, 0.1) is 5.41 Å². The van der Waals surface area contributed by atoms with Gasteiger partial charge in [-0.2, -0.15) is 0 Å². The SMILES string of the molecule is CC(N1CCC(=O)N2CCCC2C1=O)C(C)(C)C. The first-order valence-corrected chi connectivity index (χ1v) is 6.92. The molecule has 2 saturated heterocycles. The molecule has 0 saturated carbocycles. The van der Waals surface area contributed by atoms with Gasteiger partial charge in [0, 0.05) is 25.6 Å². The van der Waals surface area contributed by atoms with Gasteiger partial charge in [-0.05, 0) is 25.2 Å². The van der Waals surface area contributed by atoms with Crippen molar-refractivity contribution in [3.63, 3.8) is 0 Å². The quantitative estimate of drug-likeness (QED) is 0.712. The Bertz CT molecular complexity index is 359. The number of hydrogen-bond donors (Lipinski definition) is 0. The van der Waals surface area contributed by atoms with E-state index in [1.807, 2.05) is 4.90 Å². The van der Waals surface area contributed by atoms with Crippen molar-refractivity contribution in [2.24, 2.45) is 5.41 Å². The maximum absolute atomic E-state index is 12.6. The number of fused-ring (bicyclic) bond motifs is 1. The third-order valence-corrected chi connectivity index (χ3v) is 4.43. The Kier molecular flexibility index (Phi) is 3.39. The largest absolute Gasteiger partial charge is 0.337 e. The number of amides is 2. The van der Waals surface area contributed by atoms with Gasteiger partial charge in [0.2, 0.25) is 11.8 Å². The molecule has 102 valence electrons. The second-order valence-electron chi connectivity index (χ2n) is 6.57. The van der Waals surface area contributed by atoms with E-state index in [1.165, 1.54) is 0 Å². The average molecular weight is 252 g/mol. The van der Waals surface area contributed by atoms with Crippen LogP contribution in [-0.2, 0) is 9.59 Å². The predicted octanol–water partition coefficient (Wildman–Crippen LogP) is 1.64. The van der Waals surface area contributed by atoms with Crippen molar-refractivity contribution >= 4 is 11.8 Å². The highest BCUT2D eigenvalue weighted by Crippen LogP contribution is 2.29. The summed E-state index contributed by atoms with van der Waals surface area (Å²) in [4.78, 5) is 28.3. The van der Waals surface area contributed by atoms with Gasteiger partial charge in [0.1, 0.15) is 6.04 Å². The molecule has 18 heavy (non-hydrogen) atoms. The first-order valence-electron chi connectivity index (χ1n) is 6.92. The summed E-state index contributed by atoms with van der Waals surface area (Å²) < 4.78 is 0. The molecule has 4 nitrogen and oxygen atoms in total. The van der Waals surface area contributed by atoms with Gasteiger partial charge < -0.3 is 9.80 Å². The average Bonchev–Trinajstić information content (AvgIpc) is 2.72. The van der Waals surface area contributed by atoms with Crippen molar-refractivity contribution in [2.45, 2.75) is 59.0 Å². The van der Waals surface area contributed by atoms with Crippen molar-refractivity contribution in [3.05, 3.63) is 0 Å². The smallest absolute Gasteiger partial charge is 0.245 e. The monoisotopic (exact) mass is 252 g/mol. The van der Waals surface area contributed by atoms with E-state index in [1.54, 1.807) is 4.90 Å². The lowest BCUT2D eigenvalue weighted by Gasteiger charge is -2.38. The summed E-state index contributed by atoms with van der Waals surface area (Å²) >= 11 is 0. The highest BCUT2D eigenvalue weighted by Gasteiger charge is 2.42. The molecule has 2 amide bonds. The molecular weight excluding hydrogens is 228 g/mol. The molecule has 0 N–H and O–H groups in total. The Morgan fingerprint density at radius 1 is 1.22 bits per heavy atom. The van der Waals surface area contributed by atoms with Crippen molar-refractivity contribution in [1.29, 1.82) is 0 Å².